The molecule has 1 aromatic heterocycles. The van der Waals surface area contributed by atoms with Gasteiger partial charge in [-0.15, -0.1) is 11.3 Å². The van der Waals surface area contributed by atoms with E-state index >= 15 is 0 Å². The molecule has 30 heavy (non-hydrogen) atoms. The molecule has 0 amide bonds. The van der Waals surface area contributed by atoms with Crippen LogP contribution in [-0.4, -0.2) is 17.2 Å². The van der Waals surface area contributed by atoms with Gasteiger partial charge in [-0.3, -0.25) is 5.43 Å². The quantitative estimate of drug-likeness (QED) is 0.188. The number of anilines is 1. The number of nitrogens with zero attached hydrogens (tertiary/aromatic N) is 2. The van der Waals surface area contributed by atoms with Crippen LogP contribution in [0, 0.1) is 6.92 Å². The first-order valence-electron chi connectivity index (χ1n) is 9.37. The van der Waals surface area contributed by atoms with Gasteiger partial charge in [0.25, 0.3) is 0 Å². The highest BCUT2D eigenvalue weighted by Crippen LogP contribution is 2.24. The first-order valence-corrected chi connectivity index (χ1v) is 10.2. The lowest BCUT2D eigenvalue weighted by Gasteiger charge is -2.06. The minimum atomic E-state index is -0.367. The largest absolute Gasteiger partial charge is 0.423 e. The van der Waals surface area contributed by atoms with E-state index in [0.717, 1.165) is 22.4 Å². The first-order chi connectivity index (χ1) is 14.7. The Morgan fingerprint density at radius 2 is 1.73 bits per heavy atom. The van der Waals surface area contributed by atoms with Crippen LogP contribution in [0.25, 0.3) is 11.3 Å². The van der Waals surface area contributed by atoms with Crippen molar-refractivity contribution in [1.82, 2.24) is 4.98 Å². The lowest BCUT2D eigenvalue weighted by Crippen LogP contribution is -2.10. The van der Waals surface area contributed by atoms with Gasteiger partial charge in [-0.25, -0.2) is 9.78 Å². The number of hydrogen-bond donors (Lipinski definition) is 1. The summed E-state index contributed by atoms with van der Waals surface area (Å²) in [5, 5.41) is 6.94. The van der Waals surface area contributed by atoms with Crippen LogP contribution in [0.3, 0.4) is 0 Å². The fraction of sp³-hybridized carbons (Fsp3) is 0.0417. The molecule has 148 valence electrons. The number of aromatic nitrogens is 1. The van der Waals surface area contributed by atoms with E-state index in [0.29, 0.717) is 16.4 Å². The third-order valence-corrected chi connectivity index (χ3v) is 5.15. The smallest absolute Gasteiger partial charge is 0.343 e. The fourth-order valence-electron chi connectivity index (χ4n) is 2.81. The summed E-state index contributed by atoms with van der Waals surface area (Å²) in [5.74, 6) is 0.120. The zero-order valence-corrected chi connectivity index (χ0v) is 17.1. The molecule has 0 saturated carbocycles. The van der Waals surface area contributed by atoms with E-state index in [9.17, 15) is 4.79 Å². The van der Waals surface area contributed by atoms with Crippen LogP contribution < -0.4 is 10.2 Å². The van der Waals surface area contributed by atoms with Crippen molar-refractivity contribution in [2.24, 2.45) is 5.10 Å². The van der Waals surface area contributed by atoms with Gasteiger partial charge in [0.15, 0.2) is 0 Å². The molecule has 0 bridgehead atoms. The molecule has 4 aromatic rings. The van der Waals surface area contributed by atoms with E-state index in [1.165, 1.54) is 11.3 Å². The molecule has 0 spiro atoms. The summed E-state index contributed by atoms with van der Waals surface area (Å²) in [4.78, 5) is 16.8. The van der Waals surface area contributed by atoms with Gasteiger partial charge in [0.1, 0.15) is 5.75 Å². The summed E-state index contributed by atoms with van der Waals surface area (Å²) in [6.07, 6.45) is 1.69. The highest BCUT2D eigenvalue weighted by molar-refractivity contribution is 7.14. The zero-order chi connectivity index (χ0) is 20.8. The molecule has 0 aliphatic heterocycles. The summed E-state index contributed by atoms with van der Waals surface area (Å²) >= 11 is 1.49. The number of carbonyl (C=O) groups is 1. The van der Waals surface area contributed by atoms with E-state index in [4.69, 9.17) is 4.74 Å². The van der Waals surface area contributed by atoms with Crippen LogP contribution >= 0.6 is 11.3 Å². The Labute approximate surface area is 178 Å². The predicted molar refractivity (Wildman–Crippen MR) is 121 cm³/mol. The highest BCUT2D eigenvalue weighted by Gasteiger charge is 2.10. The second-order valence-corrected chi connectivity index (χ2v) is 7.41. The average Bonchev–Trinajstić information content (AvgIpc) is 3.25. The molecule has 0 unspecified atom stereocenters. The maximum Gasteiger partial charge on any atom is 0.343 e. The van der Waals surface area contributed by atoms with Crippen LogP contribution in [0.2, 0.25) is 0 Å². The minimum Gasteiger partial charge on any atom is -0.423 e. The number of hydrogen-bond acceptors (Lipinski definition) is 6. The fourth-order valence-corrected chi connectivity index (χ4v) is 3.48. The highest BCUT2D eigenvalue weighted by atomic mass is 32.1. The van der Waals surface area contributed by atoms with Gasteiger partial charge in [-0.2, -0.15) is 5.10 Å². The maximum absolute atomic E-state index is 12.3. The number of thiazole rings is 1. The Bertz CT molecular complexity index is 1170. The molecule has 0 atom stereocenters. The van der Waals surface area contributed by atoms with Gasteiger partial charge < -0.3 is 4.74 Å². The molecular formula is C24H19N3O2S. The number of esters is 1. The monoisotopic (exact) mass is 413 g/mol. The second-order valence-electron chi connectivity index (χ2n) is 6.55. The van der Waals surface area contributed by atoms with Gasteiger partial charge in [0.05, 0.1) is 17.5 Å². The second kappa shape index (κ2) is 9.15. The number of nitrogens with one attached hydrogen (secondary N) is 1. The Kier molecular flexibility index (Phi) is 5.96. The number of carbonyl (C=O) groups excluding carboxylic acids is 1. The normalized spacial score (nSPS) is 10.8. The van der Waals surface area contributed by atoms with Crippen LogP contribution in [0.4, 0.5) is 5.13 Å². The van der Waals surface area contributed by atoms with Crippen molar-refractivity contribution in [3.63, 3.8) is 0 Å². The van der Waals surface area contributed by atoms with Crippen molar-refractivity contribution < 1.29 is 9.53 Å². The molecule has 1 N–H and O–H groups in total. The standard InChI is InChI=1S/C24H19N3O2S/c1-17-7-5-6-10-21(17)23(28)29-20-13-11-18(12-14-20)15-25-27-24-26-22(16-30-24)19-8-3-2-4-9-19/h2-16H,1H3,(H,26,27)/b25-15-. The SMILES string of the molecule is Cc1ccccc1C(=O)Oc1ccc(/C=N\Nc2nc(-c3ccccc3)cs2)cc1. The van der Waals surface area contributed by atoms with Crippen LogP contribution in [0.5, 0.6) is 5.75 Å². The molecular weight excluding hydrogens is 394 g/mol. The molecule has 0 aliphatic rings. The van der Waals surface area contributed by atoms with E-state index in [-0.39, 0.29) is 5.97 Å². The topological polar surface area (TPSA) is 63.6 Å². The van der Waals surface area contributed by atoms with Crippen LogP contribution in [0.15, 0.2) is 89.3 Å². The molecule has 0 fully saturated rings. The van der Waals surface area contributed by atoms with Crippen molar-refractivity contribution in [1.29, 1.82) is 0 Å². The van der Waals surface area contributed by atoms with Gasteiger partial charge >= 0.3 is 5.97 Å². The van der Waals surface area contributed by atoms with Crippen LogP contribution in [-0.2, 0) is 0 Å². The lowest BCUT2D eigenvalue weighted by molar-refractivity contribution is 0.0734. The summed E-state index contributed by atoms with van der Waals surface area (Å²) in [6, 6.07) is 24.5. The third-order valence-electron chi connectivity index (χ3n) is 4.40. The molecule has 4 rings (SSSR count). The van der Waals surface area contributed by atoms with Crippen molar-refractivity contribution in [3.8, 4) is 17.0 Å². The van der Waals surface area contributed by atoms with Gasteiger partial charge in [-0.05, 0) is 48.4 Å². The Hall–Kier alpha value is -3.77. The third kappa shape index (κ3) is 4.79. The zero-order valence-electron chi connectivity index (χ0n) is 16.3. The number of ether oxygens (including phenoxy) is 1. The molecule has 1 heterocycles. The van der Waals surface area contributed by atoms with E-state index < -0.39 is 0 Å². The Morgan fingerprint density at radius 1 is 1.00 bits per heavy atom. The van der Waals surface area contributed by atoms with Crippen molar-refractivity contribution in [2.75, 3.05) is 5.43 Å². The summed E-state index contributed by atoms with van der Waals surface area (Å²) in [5.41, 5.74) is 7.25. The number of rotatable bonds is 6. The molecule has 5 nitrogen and oxygen atoms in total. The maximum atomic E-state index is 12.3. The lowest BCUT2D eigenvalue weighted by atomic mass is 10.1. The number of aryl methyl sites for hydroxylation is 1. The minimum absolute atomic E-state index is 0.367. The van der Waals surface area contributed by atoms with Crippen molar-refractivity contribution >= 4 is 28.7 Å². The Balaban J connectivity index is 1.35. The van der Waals surface area contributed by atoms with Gasteiger partial charge in [0.2, 0.25) is 5.13 Å². The average molecular weight is 414 g/mol. The number of benzene rings is 3. The number of hydrazone groups is 1. The first kappa shape index (κ1) is 19.5. The summed E-state index contributed by atoms with van der Waals surface area (Å²) < 4.78 is 5.45. The molecule has 0 aliphatic carbocycles. The molecule has 6 heteroatoms. The van der Waals surface area contributed by atoms with E-state index in [1.807, 2.05) is 73.0 Å². The Morgan fingerprint density at radius 3 is 2.50 bits per heavy atom. The van der Waals surface area contributed by atoms with Crippen molar-refractivity contribution in [2.45, 2.75) is 6.92 Å². The predicted octanol–water partition coefficient (Wildman–Crippen LogP) is 5.78. The van der Waals surface area contributed by atoms with E-state index in [2.05, 4.69) is 15.5 Å². The van der Waals surface area contributed by atoms with Gasteiger partial charge in [0, 0.05) is 10.9 Å². The summed E-state index contributed by atoms with van der Waals surface area (Å²) in [7, 11) is 0. The van der Waals surface area contributed by atoms with E-state index in [1.54, 1.807) is 24.4 Å². The van der Waals surface area contributed by atoms with Crippen LogP contribution in [0.1, 0.15) is 21.5 Å². The molecule has 3 aromatic carbocycles. The van der Waals surface area contributed by atoms with Gasteiger partial charge in [-0.1, -0.05) is 48.5 Å². The van der Waals surface area contributed by atoms with Crippen molar-refractivity contribution in [3.05, 3.63) is 101 Å². The molecule has 0 saturated heterocycles. The molecule has 0 radical (unpaired) electrons. The summed E-state index contributed by atoms with van der Waals surface area (Å²) in [6.45, 7) is 1.88.